The number of rotatable bonds is 7. The summed E-state index contributed by atoms with van der Waals surface area (Å²) in [5, 5.41) is 0. The molecular formula is C15H20O3. The number of carbonyl (C=O) groups excluding carboxylic acids is 1. The molecule has 18 heavy (non-hydrogen) atoms. The van der Waals surface area contributed by atoms with Gasteiger partial charge in [0, 0.05) is 0 Å². The van der Waals surface area contributed by atoms with Crippen molar-refractivity contribution in [3.63, 3.8) is 0 Å². The van der Waals surface area contributed by atoms with Gasteiger partial charge in [0.25, 0.3) is 0 Å². The first-order valence-electron chi connectivity index (χ1n) is 6.34. The van der Waals surface area contributed by atoms with E-state index in [0.29, 0.717) is 13.2 Å². The Hall–Kier alpha value is -1.77. The van der Waals surface area contributed by atoms with Gasteiger partial charge < -0.3 is 9.47 Å². The van der Waals surface area contributed by atoms with E-state index in [-0.39, 0.29) is 5.76 Å². The molecule has 1 rings (SSSR count). The molecule has 0 aliphatic carbocycles. The summed E-state index contributed by atoms with van der Waals surface area (Å²) in [4.78, 5) is 11.8. The number of hydrogen-bond donors (Lipinski definition) is 0. The molecule has 3 heteroatoms. The molecule has 0 aromatic heterocycles. The molecule has 1 aromatic carbocycles. The van der Waals surface area contributed by atoms with Gasteiger partial charge in [0.05, 0.1) is 13.2 Å². The first kappa shape index (κ1) is 14.3. The fourth-order valence-electron chi connectivity index (χ4n) is 1.34. The Bertz CT molecular complexity index is 382. The van der Waals surface area contributed by atoms with E-state index >= 15 is 0 Å². The molecule has 0 saturated carbocycles. The second-order valence-electron chi connectivity index (χ2n) is 3.90. The zero-order chi connectivity index (χ0) is 13.2. The van der Waals surface area contributed by atoms with Crippen LogP contribution in [-0.4, -0.2) is 19.2 Å². The molecule has 98 valence electrons. The molecule has 0 atom stereocenters. The minimum absolute atomic E-state index is 0.275. The molecule has 0 N–H and O–H groups in total. The summed E-state index contributed by atoms with van der Waals surface area (Å²) in [6, 6.07) is 9.60. The summed E-state index contributed by atoms with van der Waals surface area (Å²) in [5.74, 6) is -0.120. The monoisotopic (exact) mass is 248 g/mol. The van der Waals surface area contributed by atoms with Crippen molar-refractivity contribution < 1.29 is 14.3 Å². The maximum atomic E-state index is 11.8. The lowest BCUT2D eigenvalue weighted by atomic mass is 10.2. The van der Waals surface area contributed by atoms with Crippen LogP contribution < -0.4 is 0 Å². The highest BCUT2D eigenvalue weighted by atomic mass is 16.6. The molecule has 0 spiro atoms. The third-order valence-corrected chi connectivity index (χ3v) is 2.20. The zero-order valence-corrected chi connectivity index (χ0v) is 11.0. The van der Waals surface area contributed by atoms with Crippen LogP contribution in [0.4, 0.5) is 0 Å². The first-order valence-corrected chi connectivity index (χ1v) is 6.34. The molecule has 0 radical (unpaired) electrons. The lowest BCUT2D eigenvalue weighted by Gasteiger charge is -2.09. The Labute approximate surface area is 108 Å². The molecule has 0 aliphatic heterocycles. The van der Waals surface area contributed by atoms with Crippen LogP contribution in [0, 0.1) is 0 Å². The van der Waals surface area contributed by atoms with Crippen LogP contribution in [0.5, 0.6) is 0 Å². The number of hydrogen-bond acceptors (Lipinski definition) is 3. The number of esters is 1. The van der Waals surface area contributed by atoms with E-state index in [0.717, 1.165) is 18.4 Å². The van der Waals surface area contributed by atoms with Crippen molar-refractivity contribution in [2.24, 2.45) is 0 Å². The van der Waals surface area contributed by atoms with Gasteiger partial charge in [-0.2, -0.15) is 0 Å². The van der Waals surface area contributed by atoms with Crippen molar-refractivity contribution in [2.75, 3.05) is 13.2 Å². The number of ether oxygens (including phenoxy) is 2. The molecule has 3 nitrogen and oxygen atoms in total. The van der Waals surface area contributed by atoms with Crippen molar-refractivity contribution >= 4 is 12.0 Å². The van der Waals surface area contributed by atoms with Crippen LogP contribution in [0.3, 0.4) is 0 Å². The largest absolute Gasteiger partial charge is 0.487 e. The third kappa shape index (κ3) is 5.04. The second-order valence-corrected chi connectivity index (χ2v) is 3.90. The lowest BCUT2D eigenvalue weighted by Crippen LogP contribution is -2.11. The van der Waals surface area contributed by atoms with Crippen molar-refractivity contribution in [2.45, 2.75) is 26.7 Å². The summed E-state index contributed by atoms with van der Waals surface area (Å²) in [6.45, 7) is 4.89. The van der Waals surface area contributed by atoms with Crippen molar-refractivity contribution in [3.8, 4) is 0 Å². The summed E-state index contributed by atoms with van der Waals surface area (Å²) in [7, 11) is 0. The van der Waals surface area contributed by atoms with E-state index in [1.165, 1.54) is 0 Å². The van der Waals surface area contributed by atoms with E-state index in [1.807, 2.05) is 44.2 Å². The molecule has 0 unspecified atom stereocenters. The Balaban J connectivity index is 2.77. The highest BCUT2D eigenvalue weighted by Crippen LogP contribution is 2.10. The topological polar surface area (TPSA) is 35.5 Å². The predicted molar refractivity (Wildman–Crippen MR) is 71.9 cm³/mol. The summed E-state index contributed by atoms with van der Waals surface area (Å²) >= 11 is 0. The Morgan fingerprint density at radius 2 is 1.67 bits per heavy atom. The van der Waals surface area contributed by atoms with Crippen LogP contribution in [0.15, 0.2) is 36.1 Å². The normalized spacial score (nSPS) is 11.1. The molecule has 0 bridgehead atoms. The molecule has 0 fully saturated rings. The van der Waals surface area contributed by atoms with E-state index in [4.69, 9.17) is 9.47 Å². The molecule has 0 amide bonds. The van der Waals surface area contributed by atoms with Crippen LogP contribution in [0.25, 0.3) is 6.08 Å². The van der Waals surface area contributed by atoms with Crippen LogP contribution in [0.2, 0.25) is 0 Å². The van der Waals surface area contributed by atoms with Crippen LogP contribution >= 0.6 is 0 Å². The van der Waals surface area contributed by atoms with E-state index in [9.17, 15) is 4.79 Å². The van der Waals surface area contributed by atoms with Gasteiger partial charge >= 0.3 is 5.97 Å². The lowest BCUT2D eigenvalue weighted by molar-refractivity contribution is -0.142. The van der Waals surface area contributed by atoms with Gasteiger partial charge in [0.1, 0.15) is 0 Å². The molecule has 0 heterocycles. The van der Waals surface area contributed by atoms with Gasteiger partial charge in [-0.05, 0) is 24.5 Å². The van der Waals surface area contributed by atoms with E-state index in [2.05, 4.69) is 0 Å². The van der Waals surface area contributed by atoms with Crippen molar-refractivity contribution in [1.82, 2.24) is 0 Å². The van der Waals surface area contributed by atoms with Gasteiger partial charge in [-0.3, -0.25) is 0 Å². The quantitative estimate of drug-likeness (QED) is 0.421. The average molecular weight is 248 g/mol. The first-order chi connectivity index (χ1) is 8.77. The van der Waals surface area contributed by atoms with Gasteiger partial charge in [-0.1, -0.05) is 44.2 Å². The summed E-state index contributed by atoms with van der Waals surface area (Å²) < 4.78 is 10.5. The van der Waals surface area contributed by atoms with Gasteiger partial charge in [0.15, 0.2) is 0 Å². The SMILES string of the molecule is CCCOC(=O)C(=Cc1ccccc1)OCCC. The Morgan fingerprint density at radius 3 is 2.28 bits per heavy atom. The fourth-order valence-corrected chi connectivity index (χ4v) is 1.34. The number of benzene rings is 1. The van der Waals surface area contributed by atoms with Crippen LogP contribution in [0.1, 0.15) is 32.3 Å². The average Bonchev–Trinajstić information content (AvgIpc) is 2.42. The Kier molecular flexibility index (Phi) is 6.62. The van der Waals surface area contributed by atoms with Gasteiger partial charge in [-0.15, -0.1) is 0 Å². The standard InChI is InChI=1S/C15H20O3/c1-3-10-17-14(15(16)18-11-4-2)12-13-8-6-5-7-9-13/h5-9,12H,3-4,10-11H2,1-2H3. The van der Waals surface area contributed by atoms with Gasteiger partial charge in [-0.25, -0.2) is 4.79 Å². The second kappa shape index (κ2) is 8.34. The maximum absolute atomic E-state index is 11.8. The minimum atomic E-state index is -0.394. The highest BCUT2D eigenvalue weighted by molar-refractivity contribution is 5.91. The fraction of sp³-hybridized carbons (Fsp3) is 0.400. The molecular weight excluding hydrogens is 228 g/mol. The van der Waals surface area contributed by atoms with E-state index < -0.39 is 5.97 Å². The minimum Gasteiger partial charge on any atom is -0.487 e. The summed E-state index contributed by atoms with van der Waals surface area (Å²) in [6.07, 6.45) is 3.37. The predicted octanol–water partition coefficient (Wildman–Crippen LogP) is 3.41. The van der Waals surface area contributed by atoms with Gasteiger partial charge in [0.2, 0.25) is 5.76 Å². The maximum Gasteiger partial charge on any atom is 0.373 e. The molecule has 0 saturated heterocycles. The highest BCUT2D eigenvalue weighted by Gasteiger charge is 2.12. The zero-order valence-electron chi connectivity index (χ0n) is 11.0. The molecule has 1 aromatic rings. The number of carbonyl (C=O) groups is 1. The smallest absolute Gasteiger partial charge is 0.373 e. The van der Waals surface area contributed by atoms with Crippen LogP contribution in [-0.2, 0) is 14.3 Å². The Morgan fingerprint density at radius 1 is 1.06 bits per heavy atom. The van der Waals surface area contributed by atoms with Crippen molar-refractivity contribution in [3.05, 3.63) is 41.7 Å². The third-order valence-electron chi connectivity index (χ3n) is 2.20. The van der Waals surface area contributed by atoms with E-state index in [1.54, 1.807) is 6.08 Å². The molecule has 0 aliphatic rings. The summed E-state index contributed by atoms with van der Waals surface area (Å²) in [5.41, 5.74) is 0.928. The van der Waals surface area contributed by atoms with Crippen molar-refractivity contribution in [1.29, 1.82) is 0 Å².